The van der Waals surface area contributed by atoms with Crippen LogP contribution in [0.5, 0.6) is 0 Å². The summed E-state index contributed by atoms with van der Waals surface area (Å²) in [6.07, 6.45) is 14.7. The Balaban J connectivity index is 1.38. The number of hydrogen-bond acceptors (Lipinski definition) is 4. The quantitative estimate of drug-likeness (QED) is 0.660. The van der Waals surface area contributed by atoms with Gasteiger partial charge in [-0.15, -0.1) is 0 Å². The van der Waals surface area contributed by atoms with E-state index in [4.69, 9.17) is 0 Å². The number of piperidine rings is 1. The normalized spacial score (nSPS) is 17.0. The van der Waals surface area contributed by atoms with E-state index in [-0.39, 0.29) is 11.8 Å². The monoisotopic (exact) mass is 378 g/mol. The third-order valence-corrected chi connectivity index (χ3v) is 5.35. The van der Waals surface area contributed by atoms with E-state index in [9.17, 15) is 4.79 Å². The van der Waals surface area contributed by atoms with Gasteiger partial charge in [-0.25, -0.2) is 4.98 Å². The molecular formula is C21H26N6O. The SMILES string of the molecule is Cn1cc(CCC(=O)N2CCC[C@H](c3nccn3Cc3cccnc3)C2)cn1. The van der Waals surface area contributed by atoms with Crippen LogP contribution in [0, 0.1) is 0 Å². The van der Waals surface area contributed by atoms with Crippen molar-refractivity contribution in [1.29, 1.82) is 0 Å². The second-order valence-corrected chi connectivity index (χ2v) is 7.48. The van der Waals surface area contributed by atoms with E-state index < -0.39 is 0 Å². The van der Waals surface area contributed by atoms with Crippen LogP contribution >= 0.6 is 0 Å². The second-order valence-electron chi connectivity index (χ2n) is 7.48. The number of imidazole rings is 1. The first-order chi connectivity index (χ1) is 13.7. The molecular weight excluding hydrogens is 352 g/mol. The van der Waals surface area contributed by atoms with Crippen LogP contribution in [0.1, 0.15) is 42.1 Å². The Kier molecular flexibility index (Phi) is 5.50. The predicted octanol–water partition coefficient (Wildman–Crippen LogP) is 2.40. The first-order valence-electron chi connectivity index (χ1n) is 9.84. The highest BCUT2D eigenvalue weighted by molar-refractivity contribution is 5.76. The molecule has 7 nitrogen and oxygen atoms in total. The summed E-state index contributed by atoms with van der Waals surface area (Å²) in [6.45, 7) is 2.34. The molecule has 0 aliphatic carbocycles. The molecule has 1 saturated heterocycles. The molecule has 1 amide bonds. The summed E-state index contributed by atoms with van der Waals surface area (Å²) in [5.41, 5.74) is 2.26. The van der Waals surface area contributed by atoms with E-state index in [2.05, 4.69) is 25.7 Å². The molecule has 1 fully saturated rings. The van der Waals surface area contributed by atoms with Crippen LogP contribution in [0.4, 0.5) is 0 Å². The summed E-state index contributed by atoms with van der Waals surface area (Å²) in [5.74, 6) is 1.57. The van der Waals surface area contributed by atoms with Crippen molar-refractivity contribution in [2.75, 3.05) is 13.1 Å². The number of rotatable bonds is 6. The largest absolute Gasteiger partial charge is 0.342 e. The lowest BCUT2D eigenvalue weighted by molar-refractivity contribution is -0.132. The zero-order valence-corrected chi connectivity index (χ0v) is 16.2. The van der Waals surface area contributed by atoms with E-state index in [1.54, 1.807) is 10.9 Å². The maximum Gasteiger partial charge on any atom is 0.222 e. The van der Waals surface area contributed by atoms with Gasteiger partial charge in [0.1, 0.15) is 5.82 Å². The topological polar surface area (TPSA) is 68.8 Å². The first kappa shape index (κ1) is 18.4. The number of pyridine rings is 1. The van der Waals surface area contributed by atoms with Gasteiger partial charge in [-0.3, -0.25) is 14.5 Å². The lowest BCUT2D eigenvalue weighted by Gasteiger charge is -2.33. The smallest absolute Gasteiger partial charge is 0.222 e. The second kappa shape index (κ2) is 8.37. The Morgan fingerprint density at radius 3 is 2.96 bits per heavy atom. The number of aromatic nitrogens is 5. The number of hydrogen-bond donors (Lipinski definition) is 0. The zero-order chi connectivity index (χ0) is 19.3. The fourth-order valence-corrected chi connectivity index (χ4v) is 3.93. The molecule has 3 aromatic rings. The highest BCUT2D eigenvalue weighted by atomic mass is 16.2. The lowest BCUT2D eigenvalue weighted by Crippen LogP contribution is -2.39. The van der Waals surface area contributed by atoms with Crippen LogP contribution < -0.4 is 0 Å². The molecule has 0 aromatic carbocycles. The Morgan fingerprint density at radius 2 is 2.18 bits per heavy atom. The number of nitrogens with zero attached hydrogens (tertiary/aromatic N) is 6. The average Bonchev–Trinajstić information content (AvgIpc) is 3.36. The van der Waals surface area contributed by atoms with Gasteiger partial charge in [0, 0.05) is 63.5 Å². The minimum absolute atomic E-state index is 0.221. The maximum atomic E-state index is 12.7. The number of likely N-dealkylation sites (tertiary alicyclic amines) is 1. The third-order valence-electron chi connectivity index (χ3n) is 5.35. The van der Waals surface area contributed by atoms with Crippen LogP contribution in [0.2, 0.25) is 0 Å². The molecule has 4 heterocycles. The molecule has 1 aliphatic rings. The van der Waals surface area contributed by atoms with Gasteiger partial charge < -0.3 is 9.47 Å². The fourth-order valence-electron chi connectivity index (χ4n) is 3.93. The molecule has 0 bridgehead atoms. The summed E-state index contributed by atoms with van der Waals surface area (Å²) in [4.78, 5) is 23.6. The summed E-state index contributed by atoms with van der Waals surface area (Å²) >= 11 is 0. The van der Waals surface area contributed by atoms with Gasteiger partial charge in [-0.2, -0.15) is 5.10 Å². The molecule has 1 aliphatic heterocycles. The summed E-state index contributed by atoms with van der Waals surface area (Å²) in [7, 11) is 1.90. The van der Waals surface area contributed by atoms with Crippen LogP contribution in [0.15, 0.2) is 49.3 Å². The molecule has 0 unspecified atom stereocenters. The van der Waals surface area contributed by atoms with E-state index in [1.807, 2.05) is 49.0 Å². The number of carbonyl (C=O) groups excluding carboxylic acids is 1. The van der Waals surface area contributed by atoms with Crippen LogP contribution in [-0.4, -0.2) is 48.2 Å². The van der Waals surface area contributed by atoms with Crippen LogP contribution in [0.3, 0.4) is 0 Å². The van der Waals surface area contributed by atoms with Crippen molar-refractivity contribution in [1.82, 2.24) is 29.2 Å². The Bertz CT molecular complexity index is 916. The van der Waals surface area contributed by atoms with E-state index in [1.165, 1.54) is 0 Å². The fraction of sp³-hybridized carbons (Fsp3) is 0.429. The van der Waals surface area contributed by atoms with Gasteiger partial charge in [0.2, 0.25) is 5.91 Å². The zero-order valence-electron chi connectivity index (χ0n) is 16.2. The summed E-state index contributed by atoms with van der Waals surface area (Å²) in [6, 6.07) is 4.03. The minimum atomic E-state index is 0.221. The number of aryl methyl sites for hydroxylation is 2. The molecule has 28 heavy (non-hydrogen) atoms. The maximum absolute atomic E-state index is 12.7. The standard InChI is InChI=1S/C21H26N6O/c1-25-14-18(13-24-25)6-7-20(28)26-10-3-5-19(16-26)21-23-9-11-27(21)15-17-4-2-8-22-12-17/h2,4,8-9,11-14,19H,3,5-7,10,15-16H2,1H3/t19-/m0/s1. The molecule has 0 saturated carbocycles. The van der Waals surface area contributed by atoms with Gasteiger partial charge in [-0.1, -0.05) is 6.07 Å². The number of carbonyl (C=O) groups is 1. The summed E-state index contributed by atoms with van der Waals surface area (Å²) in [5, 5.41) is 4.17. The highest BCUT2D eigenvalue weighted by Crippen LogP contribution is 2.27. The van der Waals surface area contributed by atoms with E-state index in [0.29, 0.717) is 6.42 Å². The van der Waals surface area contributed by atoms with Gasteiger partial charge in [0.05, 0.1) is 12.7 Å². The molecule has 1 atom stereocenters. The van der Waals surface area contributed by atoms with Gasteiger partial charge >= 0.3 is 0 Å². The van der Waals surface area contributed by atoms with Crippen molar-refractivity contribution in [3.8, 4) is 0 Å². The Morgan fingerprint density at radius 1 is 1.25 bits per heavy atom. The molecule has 0 spiro atoms. The van der Waals surface area contributed by atoms with Gasteiger partial charge in [0.25, 0.3) is 0 Å². The predicted molar refractivity (Wildman–Crippen MR) is 106 cm³/mol. The average molecular weight is 378 g/mol. The third kappa shape index (κ3) is 4.30. The summed E-state index contributed by atoms with van der Waals surface area (Å²) < 4.78 is 3.96. The Labute approximate surface area is 165 Å². The molecule has 0 radical (unpaired) electrons. The number of amides is 1. The van der Waals surface area contributed by atoms with Crippen molar-refractivity contribution in [3.05, 3.63) is 66.3 Å². The lowest BCUT2D eigenvalue weighted by atomic mass is 9.96. The van der Waals surface area contributed by atoms with Gasteiger partial charge in [-0.05, 0) is 36.5 Å². The first-order valence-corrected chi connectivity index (χ1v) is 9.84. The van der Waals surface area contributed by atoms with Crippen molar-refractivity contribution in [2.24, 2.45) is 7.05 Å². The molecule has 3 aromatic heterocycles. The molecule has 0 N–H and O–H groups in total. The van der Waals surface area contributed by atoms with Crippen molar-refractivity contribution >= 4 is 5.91 Å². The van der Waals surface area contributed by atoms with Crippen molar-refractivity contribution in [3.63, 3.8) is 0 Å². The van der Waals surface area contributed by atoms with Crippen LogP contribution in [-0.2, 0) is 24.8 Å². The molecule has 146 valence electrons. The van der Waals surface area contributed by atoms with Crippen molar-refractivity contribution < 1.29 is 4.79 Å². The van der Waals surface area contributed by atoms with Crippen LogP contribution in [0.25, 0.3) is 0 Å². The molecule has 7 heteroatoms. The molecule has 4 rings (SSSR count). The Hall–Kier alpha value is -2.96. The van der Waals surface area contributed by atoms with Gasteiger partial charge in [0.15, 0.2) is 0 Å². The van der Waals surface area contributed by atoms with E-state index >= 15 is 0 Å². The van der Waals surface area contributed by atoms with Crippen molar-refractivity contribution in [2.45, 2.75) is 38.1 Å². The highest BCUT2D eigenvalue weighted by Gasteiger charge is 2.27. The van der Waals surface area contributed by atoms with E-state index in [0.717, 1.165) is 55.8 Å². The minimum Gasteiger partial charge on any atom is -0.342 e.